The Bertz CT molecular complexity index is 566. The van der Waals surface area contributed by atoms with Crippen LogP contribution < -0.4 is 10.6 Å². The summed E-state index contributed by atoms with van der Waals surface area (Å²) in [6, 6.07) is 8.82. The van der Waals surface area contributed by atoms with Gasteiger partial charge >= 0.3 is 0 Å². The van der Waals surface area contributed by atoms with E-state index in [1.165, 1.54) is 36.1 Å². The first-order valence-electron chi connectivity index (χ1n) is 9.06. The molecule has 2 aliphatic rings. The number of hydrogen-bond donors (Lipinski definition) is 2. The van der Waals surface area contributed by atoms with Crippen molar-refractivity contribution in [3.05, 3.63) is 35.4 Å². The molecule has 0 amide bonds. The molecule has 1 unspecified atom stereocenters. The van der Waals surface area contributed by atoms with Crippen LogP contribution in [0.4, 0.5) is 0 Å². The topological polar surface area (TPSA) is 39.7 Å². The summed E-state index contributed by atoms with van der Waals surface area (Å²) in [5, 5.41) is 6.97. The molecule has 0 aromatic heterocycles. The highest BCUT2D eigenvalue weighted by atomic mass is 32.2. The van der Waals surface area contributed by atoms with E-state index in [1.54, 1.807) is 0 Å². The van der Waals surface area contributed by atoms with Crippen molar-refractivity contribution in [3.63, 3.8) is 0 Å². The molecule has 5 heteroatoms. The number of hydrogen-bond acceptors (Lipinski definition) is 3. The first-order chi connectivity index (χ1) is 11.7. The van der Waals surface area contributed by atoms with Gasteiger partial charge < -0.3 is 10.6 Å². The van der Waals surface area contributed by atoms with Crippen molar-refractivity contribution in [3.8, 4) is 0 Å². The number of nitrogens with zero attached hydrogens (tertiary/aromatic N) is 2. The molecule has 3 rings (SSSR count). The van der Waals surface area contributed by atoms with Crippen LogP contribution in [0.1, 0.15) is 30.9 Å². The molecule has 132 valence electrons. The summed E-state index contributed by atoms with van der Waals surface area (Å²) in [5.41, 5.74) is 3.00. The van der Waals surface area contributed by atoms with E-state index >= 15 is 0 Å². The van der Waals surface area contributed by atoms with Crippen LogP contribution in [-0.4, -0.2) is 54.6 Å². The highest BCUT2D eigenvalue weighted by Gasteiger charge is 2.29. The number of aliphatic imine (C=N–C) groups is 1. The minimum atomic E-state index is 0.369. The van der Waals surface area contributed by atoms with E-state index in [0.717, 1.165) is 38.7 Å². The Morgan fingerprint density at radius 2 is 2.12 bits per heavy atom. The van der Waals surface area contributed by atoms with Crippen molar-refractivity contribution in [2.45, 2.75) is 37.5 Å². The summed E-state index contributed by atoms with van der Waals surface area (Å²) in [7, 11) is 1.86. The Morgan fingerprint density at radius 1 is 1.29 bits per heavy atom. The molecule has 0 radical (unpaired) electrons. The van der Waals surface area contributed by atoms with E-state index in [0.29, 0.717) is 4.75 Å². The predicted molar refractivity (Wildman–Crippen MR) is 105 cm³/mol. The lowest BCUT2D eigenvalue weighted by Crippen LogP contribution is -2.46. The molecular weight excluding hydrogens is 316 g/mol. The third-order valence-electron chi connectivity index (χ3n) is 5.08. The van der Waals surface area contributed by atoms with Crippen molar-refractivity contribution in [2.75, 3.05) is 39.0 Å². The second kappa shape index (κ2) is 8.26. The fourth-order valence-corrected chi connectivity index (χ4v) is 4.79. The number of nitrogens with one attached hydrogen (secondary N) is 2. The van der Waals surface area contributed by atoms with E-state index in [-0.39, 0.29) is 0 Å². The average Bonchev–Trinajstić information content (AvgIpc) is 3.04. The van der Waals surface area contributed by atoms with Crippen molar-refractivity contribution in [1.82, 2.24) is 15.5 Å². The molecule has 1 atom stereocenters. The van der Waals surface area contributed by atoms with Crippen LogP contribution in [0, 0.1) is 0 Å². The molecule has 2 aliphatic heterocycles. The fourth-order valence-electron chi connectivity index (χ4n) is 3.55. The van der Waals surface area contributed by atoms with Gasteiger partial charge in [0.1, 0.15) is 0 Å². The normalized spacial score (nSPS) is 24.7. The minimum Gasteiger partial charge on any atom is -0.355 e. The highest BCUT2D eigenvalue weighted by molar-refractivity contribution is 8.00. The fraction of sp³-hybridized carbons (Fsp3) is 0.632. The Kier molecular flexibility index (Phi) is 6.06. The maximum absolute atomic E-state index is 4.37. The highest BCUT2D eigenvalue weighted by Crippen LogP contribution is 2.36. The van der Waals surface area contributed by atoms with Crippen molar-refractivity contribution >= 4 is 17.7 Å². The van der Waals surface area contributed by atoms with Gasteiger partial charge in [0, 0.05) is 44.5 Å². The Hall–Kier alpha value is -1.20. The smallest absolute Gasteiger partial charge is 0.191 e. The maximum Gasteiger partial charge on any atom is 0.191 e. The second-order valence-corrected chi connectivity index (χ2v) is 8.73. The summed E-state index contributed by atoms with van der Waals surface area (Å²) in [4.78, 5) is 6.89. The molecule has 1 fully saturated rings. The average molecular weight is 347 g/mol. The molecule has 0 aliphatic carbocycles. The van der Waals surface area contributed by atoms with E-state index in [9.17, 15) is 0 Å². The number of fused-ring (bicyclic) bond motifs is 1. The van der Waals surface area contributed by atoms with E-state index in [1.807, 2.05) is 7.05 Å². The van der Waals surface area contributed by atoms with E-state index in [4.69, 9.17) is 0 Å². The van der Waals surface area contributed by atoms with Crippen LogP contribution in [0.5, 0.6) is 0 Å². The summed E-state index contributed by atoms with van der Waals surface area (Å²) in [6.07, 6.45) is 3.80. The van der Waals surface area contributed by atoms with Gasteiger partial charge in [-0.1, -0.05) is 24.3 Å². The van der Waals surface area contributed by atoms with Gasteiger partial charge in [-0.3, -0.25) is 9.89 Å². The largest absolute Gasteiger partial charge is 0.355 e. The van der Waals surface area contributed by atoms with Gasteiger partial charge in [0.2, 0.25) is 0 Å². The van der Waals surface area contributed by atoms with Gasteiger partial charge in [0.15, 0.2) is 5.96 Å². The van der Waals surface area contributed by atoms with Gasteiger partial charge in [-0.2, -0.15) is 11.8 Å². The molecule has 0 bridgehead atoms. The molecule has 24 heavy (non-hydrogen) atoms. The quantitative estimate of drug-likeness (QED) is 0.635. The molecule has 1 saturated heterocycles. The van der Waals surface area contributed by atoms with Gasteiger partial charge in [-0.25, -0.2) is 0 Å². The van der Waals surface area contributed by atoms with Crippen LogP contribution in [0.25, 0.3) is 0 Å². The van der Waals surface area contributed by atoms with E-state index < -0.39 is 0 Å². The van der Waals surface area contributed by atoms with Crippen molar-refractivity contribution in [2.24, 2.45) is 4.99 Å². The minimum absolute atomic E-state index is 0.369. The van der Waals surface area contributed by atoms with Gasteiger partial charge in [-0.15, -0.1) is 0 Å². The van der Waals surface area contributed by atoms with Crippen molar-refractivity contribution < 1.29 is 0 Å². The maximum atomic E-state index is 4.37. The predicted octanol–water partition coefficient (Wildman–Crippen LogP) is 2.50. The zero-order valence-corrected chi connectivity index (χ0v) is 15.8. The van der Waals surface area contributed by atoms with Crippen LogP contribution in [-0.2, 0) is 13.0 Å². The summed E-state index contributed by atoms with van der Waals surface area (Å²) in [5.74, 6) is 2.22. The van der Waals surface area contributed by atoms with Gasteiger partial charge in [-0.05, 0) is 43.1 Å². The van der Waals surface area contributed by atoms with Gasteiger partial charge in [0.05, 0.1) is 0 Å². The third kappa shape index (κ3) is 4.67. The number of guanidine groups is 1. The molecule has 1 aromatic carbocycles. The Labute approximate surface area is 150 Å². The monoisotopic (exact) mass is 346 g/mol. The Balaban J connectivity index is 1.39. The number of thioether (sulfide) groups is 1. The molecule has 1 aromatic rings. The van der Waals surface area contributed by atoms with Crippen LogP contribution in [0.15, 0.2) is 29.3 Å². The Morgan fingerprint density at radius 3 is 2.88 bits per heavy atom. The van der Waals surface area contributed by atoms with Gasteiger partial charge in [0.25, 0.3) is 0 Å². The molecule has 2 heterocycles. The molecule has 0 spiro atoms. The second-order valence-electron chi connectivity index (χ2n) is 7.05. The van der Waals surface area contributed by atoms with Crippen LogP contribution in [0.2, 0.25) is 0 Å². The SMILES string of the molecule is CN=C(NCCN1CCc2ccccc2C1)NCC1(C)CCCS1. The summed E-state index contributed by atoms with van der Waals surface area (Å²) < 4.78 is 0.369. The molecular formula is C19H30N4S. The standard InChI is InChI=1S/C19H30N4S/c1-19(9-5-13-24-19)15-22-18(20-2)21-10-12-23-11-8-16-6-3-4-7-17(16)14-23/h3-4,6-7H,5,8-15H2,1-2H3,(H2,20,21,22). The summed E-state index contributed by atoms with van der Waals surface area (Å²) >= 11 is 2.08. The zero-order chi connectivity index (χ0) is 16.8. The first kappa shape index (κ1) is 17.6. The molecule has 4 nitrogen and oxygen atoms in total. The summed E-state index contributed by atoms with van der Waals surface area (Å²) in [6.45, 7) is 7.56. The first-order valence-corrected chi connectivity index (χ1v) is 10.0. The lowest BCUT2D eigenvalue weighted by molar-refractivity contribution is 0.258. The third-order valence-corrected chi connectivity index (χ3v) is 6.62. The molecule has 2 N–H and O–H groups in total. The van der Waals surface area contributed by atoms with Crippen LogP contribution >= 0.6 is 11.8 Å². The lowest BCUT2D eigenvalue weighted by atomic mass is 10.00. The van der Waals surface area contributed by atoms with E-state index in [2.05, 4.69) is 63.5 Å². The number of benzene rings is 1. The zero-order valence-electron chi connectivity index (χ0n) is 15.0. The number of rotatable bonds is 5. The molecule has 0 saturated carbocycles. The van der Waals surface area contributed by atoms with Crippen LogP contribution in [0.3, 0.4) is 0 Å². The van der Waals surface area contributed by atoms with Crippen molar-refractivity contribution in [1.29, 1.82) is 0 Å². The lowest BCUT2D eigenvalue weighted by Gasteiger charge is -2.29.